The highest BCUT2D eigenvalue weighted by atomic mass is 16.4. The van der Waals surface area contributed by atoms with E-state index in [0.29, 0.717) is 18.2 Å². The molecule has 0 radical (unpaired) electrons. The summed E-state index contributed by atoms with van der Waals surface area (Å²) in [5.74, 6) is 1.46. The van der Waals surface area contributed by atoms with Crippen LogP contribution in [0.3, 0.4) is 0 Å². The minimum atomic E-state index is 0.111. The molecule has 2 rings (SSSR count). The van der Waals surface area contributed by atoms with Gasteiger partial charge < -0.3 is 14.8 Å². The Morgan fingerprint density at radius 1 is 1.30 bits per heavy atom. The third kappa shape index (κ3) is 3.81. The van der Waals surface area contributed by atoms with Gasteiger partial charge in [-0.1, -0.05) is 26.0 Å². The van der Waals surface area contributed by atoms with Crippen molar-refractivity contribution in [2.45, 2.75) is 39.2 Å². The molecule has 0 aliphatic heterocycles. The second kappa shape index (κ2) is 7.05. The van der Waals surface area contributed by atoms with Gasteiger partial charge in [-0.25, -0.2) is 0 Å². The van der Waals surface area contributed by atoms with Crippen LogP contribution in [-0.4, -0.2) is 21.8 Å². The van der Waals surface area contributed by atoms with Crippen LogP contribution in [0.25, 0.3) is 0 Å². The lowest BCUT2D eigenvalue weighted by molar-refractivity contribution is 0.376. The van der Waals surface area contributed by atoms with Crippen molar-refractivity contribution in [3.8, 4) is 5.75 Å². The molecule has 0 spiro atoms. The average Bonchev–Trinajstić information content (AvgIpc) is 2.88. The molecule has 108 valence electrons. The molecule has 2 aromatic rings. The molecule has 0 bridgehead atoms. The van der Waals surface area contributed by atoms with Crippen LogP contribution in [0.1, 0.15) is 50.1 Å². The Morgan fingerprint density at radius 2 is 2.15 bits per heavy atom. The maximum absolute atomic E-state index is 9.44. The van der Waals surface area contributed by atoms with Crippen LogP contribution in [0, 0.1) is 0 Å². The fourth-order valence-corrected chi connectivity index (χ4v) is 2.04. The van der Waals surface area contributed by atoms with Crippen LogP contribution < -0.4 is 5.32 Å². The van der Waals surface area contributed by atoms with Gasteiger partial charge in [0.1, 0.15) is 5.75 Å². The van der Waals surface area contributed by atoms with Gasteiger partial charge in [0, 0.05) is 0 Å². The fourth-order valence-electron chi connectivity index (χ4n) is 2.04. The summed E-state index contributed by atoms with van der Waals surface area (Å²) in [5, 5.41) is 21.0. The van der Waals surface area contributed by atoms with Crippen molar-refractivity contribution in [2.24, 2.45) is 0 Å². The first-order valence-corrected chi connectivity index (χ1v) is 7.06. The van der Waals surface area contributed by atoms with Gasteiger partial charge >= 0.3 is 0 Å². The first-order chi connectivity index (χ1) is 9.72. The molecule has 1 unspecified atom stereocenters. The van der Waals surface area contributed by atoms with E-state index in [-0.39, 0.29) is 11.8 Å². The van der Waals surface area contributed by atoms with Crippen LogP contribution in [0.4, 0.5) is 0 Å². The van der Waals surface area contributed by atoms with Gasteiger partial charge in [-0.05, 0) is 37.1 Å². The molecular weight excluding hydrogens is 254 g/mol. The predicted molar refractivity (Wildman–Crippen MR) is 76.5 cm³/mol. The molecule has 0 aliphatic rings. The smallest absolute Gasteiger partial charge is 0.233 e. The SMILES string of the molecule is CCCNC(CC)c1nnc(Cc2cccc(O)c2)o1. The number of hydrogen-bond donors (Lipinski definition) is 2. The molecule has 1 atom stereocenters. The monoisotopic (exact) mass is 275 g/mol. The molecule has 0 aliphatic carbocycles. The zero-order valence-electron chi connectivity index (χ0n) is 12.0. The van der Waals surface area contributed by atoms with Crippen molar-refractivity contribution in [1.29, 1.82) is 0 Å². The highest BCUT2D eigenvalue weighted by Crippen LogP contribution is 2.18. The molecule has 0 amide bonds. The number of rotatable bonds is 7. The van der Waals surface area contributed by atoms with Gasteiger partial charge in [-0.2, -0.15) is 0 Å². The molecule has 1 aromatic carbocycles. The molecule has 0 saturated carbocycles. The summed E-state index contributed by atoms with van der Waals surface area (Å²) in [4.78, 5) is 0. The van der Waals surface area contributed by atoms with Gasteiger partial charge in [0.25, 0.3) is 0 Å². The Bertz CT molecular complexity index is 539. The molecule has 5 heteroatoms. The van der Waals surface area contributed by atoms with Crippen LogP contribution >= 0.6 is 0 Å². The number of nitrogens with zero attached hydrogens (tertiary/aromatic N) is 2. The van der Waals surface area contributed by atoms with E-state index >= 15 is 0 Å². The molecule has 1 aromatic heterocycles. The van der Waals surface area contributed by atoms with Crippen molar-refractivity contribution >= 4 is 0 Å². The summed E-state index contributed by atoms with van der Waals surface area (Å²) >= 11 is 0. The van der Waals surface area contributed by atoms with E-state index in [0.717, 1.165) is 24.9 Å². The number of aromatic nitrogens is 2. The summed E-state index contributed by atoms with van der Waals surface area (Å²) in [6.45, 7) is 5.15. The topological polar surface area (TPSA) is 71.2 Å². The average molecular weight is 275 g/mol. The van der Waals surface area contributed by atoms with E-state index < -0.39 is 0 Å². The van der Waals surface area contributed by atoms with Crippen LogP contribution in [0.15, 0.2) is 28.7 Å². The van der Waals surface area contributed by atoms with E-state index in [1.807, 2.05) is 6.07 Å². The van der Waals surface area contributed by atoms with Gasteiger partial charge in [-0.3, -0.25) is 0 Å². The van der Waals surface area contributed by atoms with Crippen molar-refractivity contribution in [1.82, 2.24) is 15.5 Å². The van der Waals surface area contributed by atoms with Crippen molar-refractivity contribution < 1.29 is 9.52 Å². The number of nitrogens with one attached hydrogen (secondary N) is 1. The molecule has 5 nitrogen and oxygen atoms in total. The second-order valence-corrected chi connectivity index (χ2v) is 4.80. The van der Waals surface area contributed by atoms with E-state index in [1.54, 1.807) is 18.2 Å². The summed E-state index contributed by atoms with van der Waals surface area (Å²) in [6.07, 6.45) is 2.51. The molecule has 0 saturated heterocycles. The van der Waals surface area contributed by atoms with E-state index in [2.05, 4.69) is 29.4 Å². The lowest BCUT2D eigenvalue weighted by Crippen LogP contribution is -2.21. The van der Waals surface area contributed by atoms with Crippen LogP contribution in [0.5, 0.6) is 5.75 Å². The number of hydrogen-bond acceptors (Lipinski definition) is 5. The predicted octanol–water partition coefficient (Wildman–Crippen LogP) is 2.82. The van der Waals surface area contributed by atoms with Crippen molar-refractivity contribution in [3.05, 3.63) is 41.6 Å². The quantitative estimate of drug-likeness (QED) is 0.813. The summed E-state index contributed by atoms with van der Waals surface area (Å²) in [7, 11) is 0. The number of phenols is 1. The summed E-state index contributed by atoms with van der Waals surface area (Å²) < 4.78 is 5.71. The number of benzene rings is 1. The maximum atomic E-state index is 9.44. The molecular formula is C15H21N3O2. The first-order valence-electron chi connectivity index (χ1n) is 7.06. The lowest BCUT2D eigenvalue weighted by atomic mass is 10.1. The van der Waals surface area contributed by atoms with Crippen LogP contribution in [0.2, 0.25) is 0 Å². The van der Waals surface area contributed by atoms with E-state index in [4.69, 9.17) is 4.42 Å². The Hall–Kier alpha value is -1.88. The van der Waals surface area contributed by atoms with E-state index in [1.165, 1.54) is 0 Å². The van der Waals surface area contributed by atoms with Crippen LogP contribution in [-0.2, 0) is 6.42 Å². The van der Waals surface area contributed by atoms with Gasteiger partial charge in [0.2, 0.25) is 11.8 Å². The lowest BCUT2D eigenvalue weighted by Gasteiger charge is -2.11. The van der Waals surface area contributed by atoms with Crippen molar-refractivity contribution in [2.75, 3.05) is 6.54 Å². The summed E-state index contributed by atoms with van der Waals surface area (Å²) in [5.41, 5.74) is 0.953. The van der Waals surface area contributed by atoms with Gasteiger partial charge in [-0.15, -0.1) is 10.2 Å². The molecule has 0 fully saturated rings. The third-order valence-corrected chi connectivity index (χ3v) is 3.10. The standard InChI is InChI=1S/C15H21N3O2/c1-3-8-16-13(4-2)15-18-17-14(20-15)10-11-6-5-7-12(19)9-11/h5-7,9,13,16,19H,3-4,8,10H2,1-2H3. The molecule has 20 heavy (non-hydrogen) atoms. The first kappa shape index (κ1) is 14.5. The van der Waals surface area contributed by atoms with E-state index in [9.17, 15) is 5.11 Å². The van der Waals surface area contributed by atoms with Crippen molar-refractivity contribution in [3.63, 3.8) is 0 Å². The Kier molecular flexibility index (Phi) is 5.12. The number of aromatic hydroxyl groups is 1. The minimum Gasteiger partial charge on any atom is -0.508 e. The highest BCUT2D eigenvalue weighted by Gasteiger charge is 2.16. The zero-order chi connectivity index (χ0) is 14.4. The fraction of sp³-hybridized carbons (Fsp3) is 0.467. The Balaban J connectivity index is 2.04. The second-order valence-electron chi connectivity index (χ2n) is 4.80. The third-order valence-electron chi connectivity index (χ3n) is 3.10. The minimum absolute atomic E-state index is 0.111. The normalized spacial score (nSPS) is 12.5. The zero-order valence-corrected chi connectivity index (χ0v) is 12.0. The molecule has 2 N–H and O–H groups in total. The van der Waals surface area contributed by atoms with Gasteiger partial charge in [0.05, 0.1) is 12.5 Å². The highest BCUT2D eigenvalue weighted by molar-refractivity contribution is 5.28. The maximum Gasteiger partial charge on any atom is 0.233 e. The number of phenolic OH excluding ortho intramolecular Hbond substituents is 1. The largest absolute Gasteiger partial charge is 0.508 e. The van der Waals surface area contributed by atoms with Gasteiger partial charge in [0.15, 0.2) is 0 Å². The Labute approximate surface area is 119 Å². The Morgan fingerprint density at radius 3 is 2.85 bits per heavy atom. The summed E-state index contributed by atoms with van der Waals surface area (Å²) in [6, 6.07) is 7.19. The molecule has 1 heterocycles.